The van der Waals surface area contributed by atoms with Crippen LogP contribution in [0.3, 0.4) is 0 Å². The first-order chi connectivity index (χ1) is 9.34. The molecule has 0 N–H and O–H groups in total. The molecule has 2 aromatic carbocycles. The maximum Gasteiger partial charge on any atom is 0.109 e. The molecule has 0 amide bonds. The Morgan fingerprint density at radius 1 is 0.789 bits per heavy atom. The molecule has 0 unspecified atom stereocenters. The Balaban J connectivity index is 2.03. The highest BCUT2D eigenvalue weighted by Crippen LogP contribution is 2.35. The van der Waals surface area contributed by atoms with E-state index in [0.29, 0.717) is 0 Å². The van der Waals surface area contributed by atoms with Crippen LogP contribution in [0.15, 0.2) is 60.7 Å². The fraction of sp³-hybridized carbons (Fsp3) is 0.0625. The molecule has 19 heavy (non-hydrogen) atoms. The minimum absolute atomic E-state index is 0.961. The van der Waals surface area contributed by atoms with Crippen molar-refractivity contribution in [1.29, 1.82) is 0 Å². The summed E-state index contributed by atoms with van der Waals surface area (Å²) in [5.74, 6) is 0. The van der Waals surface area contributed by atoms with E-state index in [-0.39, 0.29) is 0 Å². The zero-order valence-corrected chi connectivity index (χ0v) is 12.7. The summed E-state index contributed by atoms with van der Waals surface area (Å²) in [7, 11) is 3.50. The SMILES string of the molecule is S=c1ssc(Cc2ccccc2)c1-c1ccccc1. The largest absolute Gasteiger partial charge is 0.109 e. The maximum atomic E-state index is 5.50. The smallest absolute Gasteiger partial charge is 0.0826 e. The molecular formula is C16H12S3. The monoisotopic (exact) mass is 300 g/mol. The molecule has 0 aliphatic carbocycles. The van der Waals surface area contributed by atoms with E-state index in [2.05, 4.69) is 54.6 Å². The summed E-state index contributed by atoms with van der Waals surface area (Å²) in [5.41, 5.74) is 3.81. The van der Waals surface area contributed by atoms with Crippen molar-refractivity contribution in [2.45, 2.75) is 6.42 Å². The molecule has 0 fully saturated rings. The van der Waals surface area contributed by atoms with E-state index in [0.717, 1.165) is 10.2 Å². The Hall–Kier alpha value is -1.29. The van der Waals surface area contributed by atoms with Crippen LogP contribution in [0.4, 0.5) is 0 Å². The Kier molecular flexibility index (Phi) is 3.87. The highest BCUT2D eigenvalue weighted by atomic mass is 32.9. The second-order valence-electron chi connectivity index (χ2n) is 4.28. The van der Waals surface area contributed by atoms with Gasteiger partial charge in [0.15, 0.2) is 0 Å². The van der Waals surface area contributed by atoms with E-state index in [9.17, 15) is 0 Å². The molecule has 1 aromatic heterocycles. The van der Waals surface area contributed by atoms with Crippen LogP contribution in [0.2, 0.25) is 0 Å². The molecule has 0 bridgehead atoms. The van der Waals surface area contributed by atoms with Gasteiger partial charge in [-0.1, -0.05) is 93.6 Å². The predicted octanol–water partition coefficient (Wildman–Crippen LogP) is 5.80. The molecule has 3 heteroatoms. The van der Waals surface area contributed by atoms with Gasteiger partial charge in [-0.05, 0) is 11.1 Å². The predicted molar refractivity (Wildman–Crippen MR) is 87.7 cm³/mol. The molecule has 3 aromatic rings. The number of hydrogen-bond donors (Lipinski definition) is 0. The molecule has 0 saturated heterocycles. The average molecular weight is 300 g/mol. The molecule has 0 atom stereocenters. The van der Waals surface area contributed by atoms with Gasteiger partial charge in [0.1, 0.15) is 3.82 Å². The maximum absolute atomic E-state index is 5.50. The normalized spacial score (nSPS) is 10.5. The molecule has 0 nitrogen and oxygen atoms in total. The highest BCUT2D eigenvalue weighted by Gasteiger charge is 2.10. The molecule has 0 radical (unpaired) electrons. The van der Waals surface area contributed by atoms with Crippen LogP contribution in [0.1, 0.15) is 10.4 Å². The van der Waals surface area contributed by atoms with Crippen LogP contribution < -0.4 is 0 Å². The second-order valence-corrected chi connectivity index (χ2v) is 7.18. The molecule has 0 spiro atoms. The number of benzene rings is 2. The van der Waals surface area contributed by atoms with Crippen LogP contribution >= 0.6 is 32.9 Å². The molecule has 1 heterocycles. The van der Waals surface area contributed by atoms with E-state index >= 15 is 0 Å². The summed E-state index contributed by atoms with van der Waals surface area (Å²) in [6.45, 7) is 0. The van der Waals surface area contributed by atoms with Crippen LogP contribution in [0, 0.1) is 3.82 Å². The Bertz CT molecular complexity index is 709. The van der Waals surface area contributed by atoms with Gasteiger partial charge in [-0.25, -0.2) is 0 Å². The van der Waals surface area contributed by atoms with Crippen LogP contribution in [-0.4, -0.2) is 0 Å². The van der Waals surface area contributed by atoms with Gasteiger partial charge in [0.25, 0.3) is 0 Å². The van der Waals surface area contributed by atoms with Crippen molar-refractivity contribution >= 4 is 32.9 Å². The van der Waals surface area contributed by atoms with E-state index < -0.39 is 0 Å². The number of rotatable bonds is 3. The van der Waals surface area contributed by atoms with Crippen molar-refractivity contribution in [3.8, 4) is 11.1 Å². The van der Waals surface area contributed by atoms with Crippen LogP contribution in [0.25, 0.3) is 11.1 Å². The third-order valence-corrected chi connectivity index (χ3v) is 6.08. The highest BCUT2D eigenvalue weighted by molar-refractivity contribution is 7.79. The zero-order valence-electron chi connectivity index (χ0n) is 10.2. The Morgan fingerprint density at radius 2 is 1.42 bits per heavy atom. The Morgan fingerprint density at radius 3 is 2.11 bits per heavy atom. The third kappa shape index (κ3) is 2.84. The second kappa shape index (κ2) is 5.78. The quantitative estimate of drug-likeness (QED) is 0.435. The first kappa shape index (κ1) is 12.7. The van der Waals surface area contributed by atoms with Crippen molar-refractivity contribution in [3.05, 3.63) is 74.9 Å². The molecule has 0 aliphatic heterocycles. The average Bonchev–Trinajstić information content (AvgIpc) is 2.82. The lowest BCUT2D eigenvalue weighted by Gasteiger charge is -2.03. The van der Waals surface area contributed by atoms with Gasteiger partial charge in [-0.15, -0.1) is 0 Å². The lowest BCUT2D eigenvalue weighted by Crippen LogP contribution is -1.87. The van der Waals surface area contributed by atoms with Crippen LogP contribution in [0.5, 0.6) is 0 Å². The molecule has 0 saturated carbocycles. The van der Waals surface area contributed by atoms with Gasteiger partial charge < -0.3 is 0 Å². The van der Waals surface area contributed by atoms with E-state index in [1.54, 1.807) is 20.7 Å². The Labute approximate surface area is 125 Å². The van der Waals surface area contributed by atoms with Crippen molar-refractivity contribution in [2.24, 2.45) is 0 Å². The first-order valence-electron chi connectivity index (χ1n) is 6.06. The summed E-state index contributed by atoms with van der Waals surface area (Å²) in [6, 6.07) is 21.0. The lowest BCUT2D eigenvalue weighted by molar-refractivity contribution is 1.24. The van der Waals surface area contributed by atoms with Gasteiger partial charge in [-0.2, -0.15) is 0 Å². The number of hydrogen-bond acceptors (Lipinski definition) is 3. The van der Waals surface area contributed by atoms with E-state index in [1.165, 1.54) is 21.6 Å². The van der Waals surface area contributed by atoms with Gasteiger partial charge in [-0.3, -0.25) is 0 Å². The van der Waals surface area contributed by atoms with Crippen molar-refractivity contribution in [3.63, 3.8) is 0 Å². The molecular weight excluding hydrogens is 288 g/mol. The topological polar surface area (TPSA) is 0 Å². The summed E-state index contributed by atoms with van der Waals surface area (Å²) in [5, 5.41) is 0. The summed E-state index contributed by atoms with van der Waals surface area (Å²) >= 11 is 5.50. The van der Waals surface area contributed by atoms with Crippen LogP contribution in [-0.2, 0) is 6.42 Å². The molecule has 3 rings (SSSR count). The standard InChI is InChI=1S/C16H12S3/c17-16-15(13-9-5-2-6-10-13)14(18-19-16)11-12-7-3-1-4-8-12/h1-10H,11H2. The van der Waals surface area contributed by atoms with E-state index in [1.807, 2.05) is 6.07 Å². The lowest BCUT2D eigenvalue weighted by atomic mass is 10.0. The van der Waals surface area contributed by atoms with Gasteiger partial charge in [0.05, 0.1) is 0 Å². The first-order valence-corrected chi connectivity index (χ1v) is 8.62. The fourth-order valence-corrected chi connectivity index (χ4v) is 4.98. The van der Waals surface area contributed by atoms with Crippen molar-refractivity contribution in [2.75, 3.05) is 0 Å². The fourth-order valence-electron chi connectivity index (χ4n) is 2.07. The van der Waals surface area contributed by atoms with Gasteiger partial charge >= 0.3 is 0 Å². The van der Waals surface area contributed by atoms with Crippen molar-refractivity contribution in [1.82, 2.24) is 0 Å². The minimum Gasteiger partial charge on any atom is -0.0826 e. The third-order valence-electron chi connectivity index (χ3n) is 2.97. The van der Waals surface area contributed by atoms with E-state index in [4.69, 9.17) is 12.2 Å². The summed E-state index contributed by atoms with van der Waals surface area (Å²) in [6.07, 6.45) is 0.961. The van der Waals surface area contributed by atoms with Gasteiger partial charge in [0, 0.05) is 16.9 Å². The summed E-state index contributed by atoms with van der Waals surface area (Å²) < 4.78 is 1.00. The minimum atomic E-state index is 0.961. The van der Waals surface area contributed by atoms with Crippen molar-refractivity contribution < 1.29 is 0 Å². The summed E-state index contributed by atoms with van der Waals surface area (Å²) in [4.78, 5) is 1.37. The molecule has 94 valence electrons. The van der Waals surface area contributed by atoms with Gasteiger partial charge in [0.2, 0.25) is 0 Å². The molecule has 0 aliphatic rings. The zero-order chi connectivity index (χ0) is 13.1.